The van der Waals surface area contributed by atoms with Crippen LogP contribution < -0.4 is 11.1 Å². The molecule has 1 aliphatic heterocycles. The van der Waals surface area contributed by atoms with Gasteiger partial charge in [-0.05, 0) is 18.8 Å². The van der Waals surface area contributed by atoms with Gasteiger partial charge < -0.3 is 11.1 Å². The molecule has 2 heterocycles. The molecule has 1 amide bonds. The Morgan fingerprint density at radius 3 is 3.00 bits per heavy atom. The van der Waals surface area contributed by atoms with Crippen molar-refractivity contribution in [3.8, 4) is 0 Å². The van der Waals surface area contributed by atoms with Crippen molar-refractivity contribution < 1.29 is 4.79 Å². The zero-order chi connectivity index (χ0) is 11.0. The van der Waals surface area contributed by atoms with Gasteiger partial charge in [0, 0.05) is 12.1 Å². The van der Waals surface area contributed by atoms with Crippen molar-refractivity contribution >= 4 is 11.8 Å². The Bertz CT molecular complexity index is 394. The number of aromatic nitrogens is 2. The van der Waals surface area contributed by atoms with Gasteiger partial charge in [-0.25, -0.2) is 4.79 Å². The van der Waals surface area contributed by atoms with Gasteiger partial charge in [0.15, 0.2) is 0 Å². The average Bonchev–Trinajstić information content (AvgIpc) is 2.66. The van der Waals surface area contributed by atoms with E-state index in [1.54, 1.807) is 0 Å². The molecule has 1 aliphatic rings. The zero-order valence-corrected chi connectivity index (χ0v) is 9.08. The van der Waals surface area contributed by atoms with Crippen molar-refractivity contribution in [2.45, 2.75) is 26.7 Å². The lowest BCUT2D eigenvalue weighted by Gasteiger charge is -2.02. The number of carbonyl (C=O) groups is 1. The first-order valence-electron chi connectivity index (χ1n) is 5.24. The number of hydrogen-bond donors (Lipinski definition) is 2. The van der Waals surface area contributed by atoms with E-state index in [4.69, 9.17) is 5.73 Å². The Morgan fingerprint density at radius 1 is 1.67 bits per heavy atom. The molecular formula is C10H16N4O. The summed E-state index contributed by atoms with van der Waals surface area (Å²) in [4.78, 5) is 11.1. The SMILES string of the molecule is CC(C)Cc1nn(C(N)=O)c2c1CCN2. The van der Waals surface area contributed by atoms with Crippen LogP contribution in [0, 0.1) is 5.92 Å². The Labute approximate surface area is 88.6 Å². The van der Waals surface area contributed by atoms with Crippen LogP contribution in [0.3, 0.4) is 0 Å². The van der Waals surface area contributed by atoms with Crippen molar-refractivity contribution in [2.24, 2.45) is 11.7 Å². The minimum Gasteiger partial charge on any atom is -0.369 e. The number of nitrogens with one attached hydrogen (secondary N) is 1. The topological polar surface area (TPSA) is 72.9 Å². The van der Waals surface area contributed by atoms with Crippen molar-refractivity contribution in [3.05, 3.63) is 11.3 Å². The Hall–Kier alpha value is -1.52. The van der Waals surface area contributed by atoms with E-state index in [1.807, 2.05) is 0 Å². The van der Waals surface area contributed by atoms with Crippen LogP contribution in [0.15, 0.2) is 0 Å². The first kappa shape index (κ1) is 10.0. The lowest BCUT2D eigenvalue weighted by atomic mass is 10.0. The van der Waals surface area contributed by atoms with E-state index in [1.165, 1.54) is 4.68 Å². The van der Waals surface area contributed by atoms with E-state index in [2.05, 4.69) is 24.3 Å². The first-order valence-corrected chi connectivity index (χ1v) is 5.24. The molecule has 82 valence electrons. The molecule has 5 nitrogen and oxygen atoms in total. The van der Waals surface area contributed by atoms with Crippen molar-refractivity contribution in [1.29, 1.82) is 0 Å². The van der Waals surface area contributed by atoms with Gasteiger partial charge in [0.2, 0.25) is 0 Å². The highest BCUT2D eigenvalue weighted by atomic mass is 16.2. The van der Waals surface area contributed by atoms with E-state index in [0.29, 0.717) is 5.92 Å². The fourth-order valence-corrected chi connectivity index (χ4v) is 1.96. The second-order valence-corrected chi connectivity index (χ2v) is 4.30. The lowest BCUT2D eigenvalue weighted by Crippen LogP contribution is -2.22. The number of primary amides is 1. The highest BCUT2D eigenvalue weighted by Gasteiger charge is 2.24. The van der Waals surface area contributed by atoms with Crippen molar-refractivity contribution in [3.63, 3.8) is 0 Å². The number of amides is 1. The Morgan fingerprint density at radius 2 is 2.40 bits per heavy atom. The molecule has 0 spiro atoms. The molecule has 5 heteroatoms. The number of hydrogen-bond acceptors (Lipinski definition) is 3. The summed E-state index contributed by atoms with van der Waals surface area (Å²) in [5, 5.41) is 7.39. The summed E-state index contributed by atoms with van der Waals surface area (Å²) in [6.07, 6.45) is 1.83. The number of carbonyl (C=O) groups excluding carboxylic acids is 1. The highest BCUT2D eigenvalue weighted by Crippen LogP contribution is 2.26. The van der Waals surface area contributed by atoms with Gasteiger partial charge in [0.25, 0.3) is 0 Å². The third kappa shape index (κ3) is 1.69. The predicted octanol–water partition coefficient (Wildman–Crippen LogP) is 0.976. The summed E-state index contributed by atoms with van der Waals surface area (Å²) in [6, 6.07) is -0.518. The number of fused-ring (bicyclic) bond motifs is 1. The third-order valence-corrected chi connectivity index (χ3v) is 2.54. The largest absolute Gasteiger partial charge is 0.369 e. The predicted molar refractivity (Wildman–Crippen MR) is 57.9 cm³/mol. The molecule has 1 aromatic rings. The maximum absolute atomic E-state index is 11.1. The van der Waals surface area contributed by atoms with E-state index in [0.717, 1.165) is 36.5 Å². The Kier molecular flexibility index (Phi) is 2.38. The quantitative estimate of drug-likeness (QED) is 0.760. The molecular weight excluding hydrogens is 192 g/mol. The summed E-state index contributed by atoms with van der Waals surface area (Å²) in [5.41, 5.74) is 7.41. The van der Waals surface area contributed by atoms with Crippen LogP contribution in [0.1, 0.15) is 25.1 Å². The fraction of sp³-hybridized carbons (Fsp3) is 0.600. The maximum atomic E-state index is 11.1. The van der Waals surface area contributed by atoms with Gasteiger partial charge in [-0.3, -0.25) is 0 Å². The van der Waals surface area contributed by atoms with Gasteiger partial charge in [0.1, 0.15) is 5.82 Å². The van der Waals surface area contributed by atoms with E-state index < -0.39 is 6.03 Å². The standard InChI is InChI=1S/C10H16N4O/c1-6(2)5-8-7-3-4-12-9(7)14(13-8)10(11)15/h6,12H,3-5H2,1-2H3,(H2,11,15). The maximum Gasteiger partial charge on any atom is 0.341 e. The van der Waals surface area contributed by atoms with Gasteiger partial charge in [-0.1, -0.05) is 13.8 Å². The van der Waals surface area contributed by atoms with Gasteiger partial charge in [-0.15, -0.1) is 0 Å². The van der Waals surface area contributed by atoms with Crippen LogP contribution in [0.4, 0.5) is 10.6 Å². The number of nitrogens with two attached hydrogens (primary N) is 1. The van der Waals surface area contributed by atoms with Crippen LogP contribution in [0.2, 0.25) is 0 Å². The zero-order valence-electron chi connectivity index (χ0n) is 9.08. The second kappa shape index (κ2) is 3.56. The molecule has 0 aliphatic carbocycles. The molecule has 0 atom stereocenters. The van der Waals surface area contributed by atoms with E-state index in [9.17, 15) is 4.79 Å². The molecule has 2 rings (SSSR count). The molecule has 0 unspecified atom stereocenters. The lowest BCUT2D eigenvalue weighted by molar-refractivity contribution is 0.248. The molecule has 0 bridgehead atoms. The van der Waals surface area contributed by atoms with Crippen LogP contribution in [0.5, 0.6) is 0 Å². The first-order chi connectivity index (χ1) is 7.09. The van der Waals surface area contributed by atoms with Crippen LogP contribution in [0.25, 0.3) is 0 Å². The summed E-state index contributed by atoms with van der Waals surface area (Å²) in [5.74, 6) is 1.32. The number of anilines is 1. The average molecular weight is 208 g/mol. The van der Waals surface area contributed by atoms with E-state index >= 15 is 0 Å². The van der Waals surface area contributed by atoms with Crippen molar-refractivity contribution in [1.82, 2.24) is 9.78 Å². The molecule has 0 saturated heterocycles. The van der Waals surface area contributed by atoms with Crippen LogP contribution in [-0.4, -0.2) is 22.4 Å². The van der Waals surface area contributed by atoms with Gasteiger partial charge in [0.05, 0.1) is 5.69 Å². The molecule has 0 aromatic carbocycles. The summed E-state index contributed by atoms with van der Waals surface area (Å²) < 4.78 is 1.28. The Balaban J connectivity index is 2.40. The number of rotatable bonds is 2. The van der Waals surface area contributed by atoms with Crippen LogP contribution >= 0.6 is 0 Å². The summed E-state index contributed by atoms with van der Waals surface area (Å²) in [7, 11) is 0. The highest BCUT2D eigenvalue weighted by molar-refractivity contribution is 5.79. The summed E-state index contributed by atoms with van der Waals surface area (Å²) >= 11 is 0. The van der Waals surface area contributed by atoms with Crippen LogP contribution in [-0.2, 0) is 12.8 Å². The molecule has 0 radical (unpaired) electrons. The molecule has 1 aromatic heterocycles. The minimum absolute atomic E-state index is 0.518. The normalized spacial score (nSPS) is 14.1. The molecule has 3 N–H and O–H groups in total. The molecule has 15 heavy (non-hydrogen) atoms. The minimum atomic E-state index is -0.518. The van der Waals surface area contributed by atoms with E-state index in [-0.39, 0.29) is 0 Å². The molecule has 0 fully saturated rings. The van der Waals surface area contributed by atoms with Crippen molar-refractivity contribution in [2.75, 3.05) is 11.9 Å². The van der Waals surface area contributed by atoms with Gasteiger partial charge >= 0.3 is 6.03 Å². The summed E-state index contributed by atoms with van der Waals surface area (Å²) in [6.45, 7) is 5.14. The second-order valence-electron chi connectivity index (χ2n) is 4.30. The fourth-order valence-electron chi connectivity index (χ4n) is 1.96. The van der Waals surface area contributed by atoms with Gasteiger partial charge in [-0.2, -0.15) is 9.78 Å². The smallest absolute Gasteiger partial charge is 0.341 e. The molecule has 0 saturated carbocycles. The third-order valence-electron chi connectivity index (χ3n) is 2.54. The monoisotopic (exact) mass is 208 g/mol. The number of nitrogens with zero attached hydrogens (tertiary/aromatic N) is 2.